The van der Waals surface area contributed by atoms with Gasteiger partial charge in [0, 0.05) is 24.0 Å². The molecule has 0 saturated heterocycles. The SMILES string of the molecule is CCC(=O)Cc1ccc(O)c(C)c1O. The molecule has 76 valence electrons. The van der Waals surface area contributed by atoms with Crippen molar-refractivity contribution in [1.29, 1.82) is 0 Å². The standard InChI is InChI=1S/C11H14O3/c1-3-9(12)6-8-4-5-10(13)7(2)11(8)14/h4-5,13-14H,3,6H2,1-2H3. The van der Waals surface area contributed by atoms with Crippen LogP contribution in [0.1, 0.15) is 24.5 Å². The second-order valence-electron chi connectivity index (χ2n) is 3.29. The summed E-state index contributed by atoms with van der Waals surface area (Å²) >= 11 is 0. The molecule has 1 aromatic rings. The summed E-state index contributed by atoms with van der Waals surface area (Å²) in [6, 6.07) is 3.07. The van der Waals surface area contributed by atoms with Gasteiger partial charge in [0.2, 0.25) is 0 Å². The molecule has 14 heavy (non-hydrogen) atoms. The summed E-state index contributed by atoms with van der Waals surface area (Å²) in [5, 5.41) is 18.9. The fourth-order valence-electron chi connectivity index (χ4n) is 1.23. The molecule has 0 bridgehead atoms. The molecule has 1 aromatic carbocycles. The molecule has 0 spiro atoms. The summed E-state index contributed by atoms with van der Waals surface area (Å²) in [6.07, 6.45) is 0.683. The average molecular weight is 194 g/mol. The van der Waals surface area contributed by atoms with E-state index in [0.29, 0.717) is 17.5 Å². The minimum Gasteiger partial charge on any atom is -0.508 e. The lowest BCUT2D eigenvalue weighted by molar-refractivity contribution is -0.118. The van der Waals surface area contributed by atoms with Crippen molar-refractivity contribution in [3.63, 3.8) is 0 Å². The average Bonchev–Trinajstić information content (AvgIpc) is 2.19. The van der Waals surface area contributed by atoms with Gasteiger partial charge in [0.15, 0.2) is 0 Å². The van der Waals surface area contributed by atoms with Crippen LogP contribution in [0.2, 0.25) is 0 Å². The minimum atomic E-state index is 0.0202. The third kappa shape index (κ3) is 2.05. The lowest BCUT2D eigenvalue weighted by Crippen LogP contribution is -2.01. The van der Waals surface area contributed by atoms with Crippen LogP contribution >= 0.6 is 0 Å². The van der Waals surface area contributed by atoms with E-state index in [9.17, 15) is 15.0 Å². The van der Waals surface area contributed by atoms with E-state index in [1.165, 1.54) is 6.07 Å². The van der Waals surface area contributed by atoms with Crippen molar-refractivity contribution in [2.24, 2.45) is 0 Å². The Morgan fingerprint density at radius 2 is 2.00 bits per heavy atom. The van der Waals surface area contributed by atoms with Crippen LogP contribution in [0, 0.1) is 6.92 Å². The largest absolute Gasteiger partial charge is 0.508 e. The van der Waals surface area contributed by atoms with Crippen molar-refractivity contribution < 1.29 is 15.0 Å². The van der Waals surface area contributed by atoms with Gasteiger partial charge < -0.3 is 10.2 Å². The van der Waals surface area contributed by atoms with E-state index in [-0.39, 0.29) is 23.7 Å². The van der Waals surface area contributed by atoms with Gasteiger partial charge in [-0.2, -0.15) is 0 Å². The Morgan fingerprint density at radius 3 is 2.57 bits per heavy atom. The van der Waals surface area contributed by atoms with Crippen LogP contribution in [-0.4, -0.2) is 16.0 Å². The van der Waals surface area contributed by atoms with Crippen LogP contribution < -0.4 is 0 Å². The van der Waals surface area contributed by atoms with Crippen molar-refractivity contribution >= 4 is 5.78 Å². The second-order valence-corrected chi connectivity index (χ2v) is 3.29. The van der Waals surface area contributed by atoms with Gasteiger partial charge in [0.1, 0.15) is 17.3 Å². The molecular formula is C11H14O3. The zero-order valence-corrected chi connectivity index (χ0v) is 8.37. The summed E-state index contributed by atoms with van der Waals surface area (Å²) in [5.41, 5.74) is 0.999. The zero-order chi connectivity index (χ0) is 10.7. The maximum atomic E-state index is 11.2. The molecule has 1 rings (SSSR count). The molecule has 0 fully saturated rings. The number of carbonyl (C=O) groups excluding carboxylic acids is 1. The number of hydrogen-bond acceptors (Lipinski definition) is 3. The van der Waals surface area contributed by atoms with Gasteiger partial charge in [-0.05, 0) is 13.0 Å². The molecule has 0 saturated carbocycles. The third-order valence-electron chi connectivity index (χ3n) is 2.27. The van der Waals surface area contributed by atoms with Gasteiger partial charge in [-0.1, -0.05) is 13.0 Å². The van der Waals surface area contributed by atoms with Gasteiger partial charge in [0.05, 0.1) is 0 Å². The summed E-state index contributed by atoms with van der Waals surface area (Å²) < 4.78 is 0. The fraction of sp³-hybridized carbons (Fsp3) is 0.364. The van der Waals surface area contributed by atoms with E-state index in [1.54, 1.807) is 19.9 Å². The molecule has 0 heterocycles. The lowest BCUT2D eigenvalue weighted by Gasteiger charge is -2.07. The van der Waals surface area contributed by atoms with E-state index < -0.39 is 0 Å². The summed E-state index contributed by atoms with van der Waals surface area (Å²) in [4.78, 5) is 11.2. The highest BCUT2D eigenvalue weighted by Crippen LogP contribution is 2.29. The maximum Gasteiger partial charge on any atom is 0.137 e. The topological polar surface area (TPSA) is 57.5 Å². The number of phenols is 2. The Morgan fingerprint density at radius 1 is 1.36 bits per heavy atom. The first kappa shape index (κ1) is 10.6. The quantitative estimate of drug-likeness (QED) is 0.773. The molecule has 0 amide bonds. The van der Waals surface area contributed by atoms with Crippen molar-refractivity contribution in [2.75, 3.05) is 0 Å². The first-order valence-corrected chi connectivity index (χ1v) is 4.58. The molecule has 0 unspecified atom stereocenters. The number of ketones is 1. The first-order chi connectivity index (χ1) is 6.56. The van der Waals surface area contributed by atoms with E-state index >= 15 is 0 Å². The van der Waals surface area contributed by atoms with Crippen LogP contribution in [0.15, 0.2) is 12.1 Å². The molecule has 0 radical (unpaired) electrons. The molecule has 3 heteroatoms. The summed E-state index contributed by atoms with van der Waals surface area (Å²) in [7, 11) is 0. The minimum absolute atomic E-state index is 0.0202. The number of carbonyl (C=O) groups is 1. The van der Waals surface area contributed by atoms with Crippen molar-refractivity contribution in [1.82, 2.24) is 0 Å². The summed E-state index contributed by atoms with van der Waals surface area (Å²) in [5.74, 6) is 0.146. The van der Waals surface area contributed by atoms with Crippen LogP contribution in [0.25, 0.3) is 0 Å². The Balaban J connectivity index is 3.00. The third-order valence-corrected chi connectivity index (χ3v) is 2.27. The smallest absolute Gasteiger partial charge is 0.137 e. The predicted molar refractivity (Wildman–Crippen MR) is 53.5 cm³/mol. The number of aromatic hydroxyl groups is 2. The van der Waals surface area contributed by atoms with Crippen LogP contribution in [-0.2, 0) is 11.2 Å². The van der Waals surface area contributed by atoms with E-state index in [1.807, 2.05) is 0 Å². The number of benzene rings is 1. The number of Topliss-reactive ketones (excluding diaryl/α,β-unsaturated/α-hetero) is 1. The van der Waals surface area contributed by atoms with E-state index in [0.717, 1.165) is 0 Å². The fourth-order valence-corrected chi connectivity index (χ4v) is 1.23. The van der Waals surface area contributed by atoms with Crippen molar-refractivity contribution in [3.8, 4) is 11.5 Å². The Labute approximate surface area is 83.0 Å². The van der Waals surface area contributed by atoms with Gasteiger partial charge in [-0.15, -0.1) is 0 Å². The molecule has 0 aliphatic carbocycles. The van der Waals surface area contributed by atoms with Crippen molar-refractivity contribution in [2.45, 2.75) is 26.7 Å². The molecule has 0 atom stereocenters. The van der Waals surface area contributed by atoms with Gasteiger partial charge in [-0.3, -0.25) is 4.79 Å². The monoisotopic (exact) mass is 194 g/mol. The van der Waals surface area contributed by atoms with E-state index in [2.05, 4.69) is 0 Å². The Kier molecular flexibility index (Phi) is 3.12. The highest BCUT2D eigenvalue weighted by atomic mass is 16.3. The highest BCUT2D eigenvalue weighted by Gasteiger charge is 2.10. The Hall–Kier alpha value is -1.51. The molecule has 0 aliphatic heterocycles. The van der Waals surface area contributed by atoms with Gasteiger partial charge >= 0.3 is 0 Å². The molecule has 2 N–H and O–H groups in total. The molecular weight excluding hydrogens is 180 g/mol. The molecule has 0 aromatic heterocycles. The molecule has 3 nitrogen and oxygen atoms in total. The number of rotatable bonds is 3. The summed E-state index contributed by atoms with van der Waals surface area (Å²) in [6.45, 7) is 3.40. The zero-order valence-electron chi connectivity index (χ0n) is 8.37. The number of hydrogen-bond donors (Lipinski definition) is 2. The van der Waals surface area contributed by atoms with Gasteiger partial charge in [0.25, 0.3) is 0 Å². The van der Waals surface area contributed by atoms with Crippen LogP contribution in [0.5, 0.6) is 11.5 Å². The predicted octanol–water partition coefficient (Wildman–Crippen LogP) is 1.93. The number of phenolic OH excluding ortho intramolecular Hbond substituents is 2. The van der Waals surface area contributed by atoms with Gasteiger partial charge in [-0.25, -0.2) is 0 Å². The van der Waals surface area contributed by atoms with Crippen LogP contribution in [0.3, 0.4) is 0 Å². The Bertz CT molecular complexity index is 356. The van der Waals surface area contributed by atoms with E-state index in [4.69, 9.17) is 0 Å². The molecule has 0 aliphatic rings. The highest BCUT2D eigenvalue weighted by molar-refractivity contribution is 5.81. The second kappa shape index (κ2) is 4.13. The maximum absolute atomic E-state index is 11.2. The lowest BCUT2D eigenvalue weighted by atomic mass is 10.0. The van der Waals surface area contributed by atoms with Crippen LogP contribution in [0.4, 0.5) is 0 Å². The first-order valence-electron chi connectivity index (χ1n) is 4.58. The normalized spacial score (nSPS) is 10.1. The van der Waals surface area contributed by atoms with Crippen molar-refractivity contribution in [3.05, 3.63) is 23.3 Å².